The van der Waals surface area contributed by atoms with E-state index in [1.54, 1.807) is 14.1 Å². The topological polar surface area (TPSA) is 160 Å². The van der Waals surface area contributed by atoms with Crippen molar-refractivity contribution in [3.63, 3.8) is 0 Å². The lowest BCUT2D eigenvalue weighted by atomic mass is 9.80. The summed E-state index contributed by atoms with van der Waals surface area (Å²) < 4.78 is 11.7. The highest BCUT2D eigenvalue weighted by Gasteiger charge is 2.59. The zero-order valence-corrected chi connectivity index (χ0v) is 29.1. The van der Waals surface area contributed by atoms with Crippen molar-refractivity contribution in [2.75, 3.05) is 27.2 Å². The number of nitro groups is 1. The first-order valence-electron chi connectivity index (χ1n) is 15.7. The molecule has 4 rings (SSSR count). The van der Waals surface area contributed by atoms with Crippen LogP contribution in [-0.4, -0.2) is 102 Å². The van der Waals surface area contributed by atoms with E-state index in [2.05, 4.69) is 20.0 Å². The van der Waals surface area contributed by atoms with Gasteiger partial charge in [-0.15, -0.1) is 11.8 Å². The third-order valence-electron chi connectivity index (χ3n) is 8.95. The smallest absolute Gasteiger partial charge is 0.410 e. The zero-order valence-electron chi connectivity index (χ0n) is 27.3. The zero-order chi connectivity index (χ0) is 33.9. The molecule has 252 valence electrons. The molecule has 1 aromatic carbocycles. The number of benzene rings is 1. The summed E-state index contributed by atoms with van der Waals surface area (Å²) in [5, 5.41) is 20.8. The van der Waals surface area contributed by atoms with E-state index in [1.165, 1.54) is 50.7 Å². The number of likely N-dealkylation sites (tertiary alicyclic amines) is 1. The third kappa shape index (κ3) is 7.57. The SMILES string of the molecule is CCCC[Si](C)(C)OCC[C@@H]1C(=O)N2C(C(=O)O)=C(S[C@H]3C[C@@H](C(=O)N(C)C)N(C(=O)OCc4ccc([N+](=O)[O-])cc4)C3)[C@H](C)[C@H]12. The number of likely N-dealkylation sites (N-methyl/N-ethyl adjacent to an activating group) is 1. The second-order valence-corrected chi connectivity index (χ2v) is 18.6. The Labute approximate surface area is 274 Å². The molecule has 13 nitrogen and oxygen atoms in total. The highest BCUT2D eigenvalue weighted by Crippen LogP contribution is 2.52. The van der Waals surface area contributed by atoms with Gasteiger partial charge in [-0.2, -0.15) is 0 Å². The van der Waals surface area contributed by atoms with Crippen molar-refractivity contribution < 1.29 is 38.4 Å². The highest BCUT2D eigenvalue weighted by atomic mass is 32.2. The molecule has 0 radical (unpaired) electrons. The average Bonchev–Trinajstić information content (AvgIpc) is 3.54. The van der Waals surface area contributed by atoms with Gasteiger partial charge in [0, 0.05) is 55.5 Å². The van der Waals surface area contributed by atoms with E-state index in [1.807, 2.05) is 6.92 Å². The molecule has 1 N–H and O–H groups in total. The quantitative estimate of drug-likeness (QED) is 0.127. The van der Waals surface area contributed by atoms with Crippen LogP contribution < -0.4 is 0 Å². The van der Waals surface area contributed by atoms with Gasteiger partial charge >= 0.3 is 12.1 Å². The van der Waals surface area contributed by atoms with Crippen LogP contribution in [0.25, 0.3) is 0 Å². The Kier molecular flexibility index (Phi) is 11.2. The second-order valence-electron chi connectivity index (χ2n) is 13.0. The Morgan fingerprint density at radius 3 is 2.46 bits per heavy atom. The monoisotopic (exact) mass is 676 g/mol. The van der Waals surface area contributed by atoms with Crippen molar-refractivity contribution in [3.8, 4) is 0 Å². The van der Waals surface area contributed by atoms with Crippen molar-refractivity contribution in [1.82, 2.24) is 14.7 Å². The van der Waals surface area contributed by atoms with Crippen LogP contribution >= 0.6 is 11.8 Å². The van der Waals surface area contributed by atoms with Crippen molar-refractivity contribution >= 4 is 49.6 Å². The summed E-state index contributed by atoms with van der Waals surface area (Å²) in [6, 6.07) is 5.61. The molecule has 0 bridgehead atoms. The standard InChI is InChI=1S/C31H44N4O9SSi/c1-7-8-15-46(5,6)44-14-13-23-25-19(2)27(26(30(38)39)34(25)28(23)36)45-22-16-24(29(37)32(3)4)33(17-22)31(40)43-18-20-9-11-21(12-10-20)35(41)42/h9-12,19,22-25H,7-8,13-18H2,1-6H3,(H,38,39)/t19-,22+,23+,24+,25-/m1/s1. The minimum absolute atomic E-state index is 0.0167. The maximum absolute atomic E-state index is 13.2. The van der Waals surface area contributed by atoms with E-state index >= 15 is 0 Å². The van der Waals surface area contributed by atoms with Gasteiger partial charge in [0.05, 0.1) is 16.9 Å². The first kappa shape index (κ1) is 35.4. The van der Waals surface area contributed by atoms with Crippen LogP contribution in [0.15, 0.2) is 34.9 Å². The van der Waals surface area contributed by atoms with Crippen molar-refractivity contribution in [2.24, 2.45) is 11.8 Å². The molecular formula is C31H44N4O9SSi. The number of unbranched alkanes of at least 4 members (excludes halogenated alkanes) is 1. The van der Waals surface area contributed by atoms with Crippen molar-refractivity contribution in [2.45, 2.75) is 82.6 Å². The Hall–Kier alpha value is -3.43. The molecule has 1 aromatic rings. The maximum Gasteiger partial charge on any atom is 0.410 e. The first-order chi connectivity index (χ1) is 21.7. The number of β-lactam (4-membered cyclic amide) rings is 1. The summed E-state index contributed by atoms with van der Waals surface area (Å²) in [5.41, 5.74) is 0.454. The van der Waals surface area contributed by atoms with Gasteiger partial charge in [0.1, 0.15) is 18.3 Å². The lowest BCUT2D eigenvalue weighted by Crippen LogP contribution is -2.60. The van der Waals surface area contributed by atoms with Gasteiger partial charge in [-0.25, -0.2) is 9.59 Å². The number of carboxylic acid groups (broad SMARTS) is 1. The molecule has 2 saturated heterocycles. The number of hydrogen-bond donors (Lipinski definition) is 1. The van der Waals surface area contributed by atoms with E-state index in [0.717, 1.165) is 18.9 Å². The van der Waals surface area contributed by atoms with Crippen LogP contribution in [0.5, 0.6) is 0 Å². The maximum atomic E-state index is 13.2. The van der Waals surface area contributed by atoms with E-state index in [9.17, 15) is 34.4 Å². The average molecular weight is 677 g/mol. The Bertz CT molecular complexity index is 1390. The van der Waals surface area contributed by atoms with Crippen molar-refractivity contribution in [1.29, 1.82) is 0 Å². The largest absolute Gasteiger partial charge is 0.477 e. The Morgan fingerprint density at radius 2 is 1.87 bits per heavy atom. The molecule has 0 aliphatic carbocycles. The van der Waals surface area contributed by atoms with Gasteiger partial charge < -0.3 is 24.1 Å². The summed E-state index contributed by atoms with van der Waals surface area (Å²) in [5.74, 6) is -2.21. The molecule has 0 spiro atoms. The normalized spacial score (nSPS) is 24.1. The minimum Gasteiger partial charge on any atom is -0.477 e. The molecule has 0 aromatic heterocycles. The summed E-state index contributed by atoms with van der Waals surface area (Å²) in [7, 11) is 1.37. The minimum atomic E-state index is -1.83. The van der Waals surface area contributed by atoms with Gasteiger partial charge in [-0.1, -0.05) is 26.7 Å². The summed E-state index contributed by atoms with van der Waals surface area (Å²) in [4.78, 5) is 67.2. The lowest BCUT2D eigenvalue weighted by Gasteiger charge is -2.45. The number of hydrogen-bond acceptors (Lipinski definition) is 9. The first-order valence-corrected chi connectivity index (χ1v) is 19.6. The lowest BCUT2D eigenvalue weighted by molar-refractivity contribution is -0.384. The molecule has 0 saturated carbocycles. The Morgan fingerprint density at radius 1 is 1.20 bits per heavy atom. The van der Waals surface area contributed by atoms with Gasteiger partial charge in [0.25, 0.3) is 5.69 Å². The number of rotatable bonds is 14. The number of nitro benzene ring substituents is 1. The predicted octanol–water partition coefficient (Wildman–Crippen LogP) is 4.68. The molecule has 3 heterocycles. The molecule has 15 heteroatoms. The summed E-state index contributed by atoms with van der Waals surface area (Å²) in [6.07, 6.45) is 2.32. The molecule has 3 aliphatic rings. The van der Waals surface area contributed by atoms with E-state index in [-0.39, 0.29) is 65.9 Å². The van der Waals surface area contributed by atoms with Gasteiger partial charge in [0.15, 0.2) is 8.32 Å². The van der Waals surface area contributed by atoms with Crippen LogP contribution in [0.1, 0.15) is 45.1 Å². The van der Waals surface area contributed by atoms with Crippen LogP contribution in [-0.2, 0) is 30.2 Å². The van der Waals surface area contributed by atoms with E-state index in [0.29, 0.717) is 23.5 Å². The number of carbonyl (C=O) groups is 4. The number of thioether (sulfide) groups is 1. The number of ether oxygens (including phenoxy) is 1. The summed E-state index contributed by atoms with van der Waals surface area (Å²) >= 11 is 1.32. The third-order valence-corrected chi connectivity index (χ3v) is 13.0. The highest BCUT2D eigenvalue weighted by molar-refractivity contribution is 8.03. The molecule has 3 aliphatic heterocycles. The Balaban J connectivity index is 1.44. The second kappa shape index (κ2) is 14.5. The number of fused-ring (bicyclic) bond motifs is 1. The van der Waals surface area contributed by atoms with Crippen LogP contribution in [0.2, 0.25) is 19.1 Å². The fourth-order valence-corrected chi connectivity index (χ4v) is 9.98. The van der Waals surface area contributed by atoms with Gasteiger partial charge in [0.2, 0.25) is 11.8 Å². The fraction of sp³-hybridized carbons (Fsp3) is 0.613. The van der Waals surface area contributed by atoms with Crippen LogP contribution in [0, 0.1) is 22.0 Å². The molecule has 0 unspecified atom stereocenters. The number of nitrogens with zero attached hydrogens (tertiary/aromatic N) is 4. The molecule has 2 fully saturated rings. The molecule has 5 atom stereocenters. The summed E-state index contributed by atoms with van der Waals surface area (Å²) in [6.45, 7) is 8.92. The van der Waals surface area contributed by atoms with Crippen LogP contribution in [0.4, 0.5) is 10.5 Å². The number of amides is 3. The van der Waals surface area contributed by atoms with Crippen molar-refractivity contribution in [3.05, 3.63) is 50.5 Å². The number of non-ortho nitro benzene ring substituents is 1. The number of carbonyl (C=O) groups excluding carboxylic acids is 3. The van der Waals surface area contributed by atoms with Gasteiger partial charge in [-0.05, 0) is 49.7 Å². The fourth-order valence-electron chi connectivity index (χ4n) is 6.43. The molecule has 46 heavy (non-hydrogen) atoms. The van der Waals surface area contributed by atoms with E-state index < -0.39 is 31.3 Å². The molecule has 3 amide bonds. The molecular weight excluding hydrogens is 633 g/mol. The van der Waals surface area contributed by atoms with Gasteiger partial charge in [-0.3, -0.25) is 24.6 Å². The predicted molar refractivity (Wildman–Crippen MR) is 174 cm³/mol. The number of aliphatic carboxylic acids is 1. The van der Waals surface area contributed by atoms with Crippen LogP contribution in [0.3, 0.4) is 0 Å². The van der Waals surface area contributed by atoms with E-state index in [4.69, 9.17) is 9.16 Å². The number of carboxylic acids is 1.